The Labute approximate surface area is 184 Å². The Balaban J connectivity index is 1.49. The highest BCUT2D eigenvalue weighted by molar-refractivity contribution is 5.45. The lowest BCUT2D eigenvalue weighted by atomic mass is 9.77. The maximum Gasteiger partial charge on any atom is 0.119 e. The lowest BCUT2D eigenvalue weighted by molar-refractivity contribution is 0.304. The van der Waals surface area contributed by atoms with Crippen LogP contribution in [0.3, 0.4) is 0 Å². The van der Waals surface area contributed by atoms with Gasteiger partial charge in [0.2, 0.25) is 0 Å². The van der Waals surface area contributed by atoms with Gasteiger partial charge >= 0.3 is 0 Å². The van der Waals surface area contributed by atoms with E-state index in [2.05, 4.69) is 50.0 Å². The molecule has 2 aromatic carbocycles. The van der Waals surface area contributed by atoms with E-state index in [1.807, 2.05) is 24.3 Å². The van der Waals surface area contributed by atoms with Crippen molar-refractivity contribution in [2.24, 2.45) is 5.92 Å². The fourth-order valence-corrected chi connectivity index (χ4v) is 4.44. The Bertz CT molecular complexity index is 783. The lowest BCUT2D eigenvalue weighted by Crippen LogP contribution is -2.13. The number of ether oxygens (including phenoxy) is 1. The van der Waals surface area contributed by atoms with Gasteiger partial charge in [0.1, 0.15) is 5.75 Å². The molecule has 0 radical (unpaired) electrons. The van der Waals surface area contributed by atoms with Crippen LogP contribution < -0.4 is 4.74 Å². The van der Waals surface area contributed by atoms with Crippen molar-refractivity contribution in [3.8, 4) is 17.6 Å². The summed E-state index contributed by atoms with van der Waals surface area (Å²) in [6.45, 7) is 5.31. The fourth-order valence-electron chi connectivity index (χ4n) is 4.44. The zero-order valence-electron chi connectivity index (χ0n) is 19.0. The summed E-state index contributed by atoms with van der Waals surface area (Å²) < 4.78 is 5.77. The smallest absolute Gasteiger partial charge is 0.119 e. The molecule has 1 aliphatic rings. The maximum atomic E-state index is 5.77. The zero-order valence-corrected chi connectivity index (χ0v) is 19.0. The second-order valence-corrected chi connectivity index (χ2v) is 8.81. The Morgan fingerprint density at radius 2 is 1.33 bits per heavy atom. The van der Waals surface area contributed by atoms with E-state index in [1.165, 1.54) is 63.4 Å². The number of benzene rings is 2. The zero-order chi connectivity index (χ0) is 21.0. The van der Waals surface area contributed by atoms with Gasteiger partial charge in [-0.25, -0.2) is 0 Å². The number of rotatable bonds is 9. The fraction of sp³-hybridized carbons (Fsp3) is 0.517. The summed E-state index contributed by atoms with van der Waals surface area (Å²) in [7, 11) is 0. The van der Waals surface area contributed by atoms with E-state index in [-0.39, 0.29) is 0 Å². The first-order chi connectivity index (χ1) is 14.8. The van der Waals surface area contributed by atoms with E-state index in [0.717, 1.165) is 41.7 Å². The van der Waals surface area contributed by atoms with E-state index >= 15 is 0 Å². The Hall–Kier alpha value is -2.20. The molecule has 0 unspecified atom stereocenters. The van der Waals surface area contributed by atoms with Gasteiger partial charge in [-0.1, -0.05) is 69.9 Å². The monoisotopic (exact) mass is 402 g/mol. The van der Waals surface area contributed by atoms with Gasteiger partial charge in [-0.15, -0.1) is 0 Å². The normalized spacial score (nSPS) is 18.5. The van der Waals surface area contributed by atoms with Crippen molar-refractivity contribution in [1.82, 2.24) is 0 Å². The van der Waals surface area contributed by atoms with Crippen molar-refractivity contribution in [1.29, 1.82) is 0 Å². The highest BCUT2D eigenvalue weighted by Gasteiger charge is 2.21. The predicted molar refractivity (Wildman–Crippen MR) is 128 cm³/mol. The van der Waals surface area contributed by atoms with Crippen molar-refractivity contribution >= 4 is 0 Å². The van der Waals surface area contributed by atoms with Crippen LogP contribution in [0.1, 0.15) is 101 Å². The highest BCUT2D eigenvalue weighted by atomic mass is 16.5. The minimum atomic E-state index is 0.745. The van der Waals surface area contributed by atoms with E-state index in [9.17, 15) is 0 Å². The molecular formula is C29H38O. The van der Waals surface area contributed by atoms with Gasteiger partial charge in [0.15, 0.2) is 0 Å². The summed E-state index contributed by atoms with van der Waals surface area (Å²) in [5.74, 6) is 9.25. The van der Waals surface area contributed by atoms with Gasteiger partial charge in [-0.2, -0.15) is 0 Å². The number of unbranched alkanes of at least 4 members (excludes halogenated alkanes) is 3. The first kappa shape index (κ1) is 22.5. The molecule has 2 aromatic rings. The molecule has 160 valence electrons. The first-order valence-electron chi connectivity index (χ1n) is 12.1. The molecule has 30 heavy (non-hydrogen) atoms. The van der Waals surface area contributed by atoms with E-state index in [0.29, 0.717) is 0 Å². The summed E-state index contributed by atoms with van der Waals surface area (Å²) in [6, 6.07) is 17.1. The Morgan fingerprint density at radius 1 is 0.733 bits per heavy atom. The minimum absolute atomic E-state index is 0.745. The second kappa shape index (κ2) is 12.5. The summed E-state index contributed by atoms with van der Waals surface area (Å²) >= 11 is 0. The van der Waals surface area contributed by atoms with Crippen LogP contribution in [-0.2, 0) is 0 Å². The molecule has 1 aliphatic carbocycles. The molecule has 0 saturated heterocycles. The molecular weight excluding hydrogens is 364 g/mol. The molecule has 1 saturated carbocycles. The average Bonchev–Trinajstić information content (AvgIpc) is 2.81. The SMILES string of the molecule is CCCCCOc1ccc(C#Cc2ccc(C3CCC(CCCC)CC3)cc2)cc1. The van der Waals surface area contributed by atoms with Crippen LogP contribution in [-0.4, -0.2) is 6.61 Å². The molecule has 1 fully saturated rings. The predicted octanol–water partition coefficient (Wildman–Crippen LogP) is 8.12. The molecule has 0 bridgehead atoms. The highest BCUT2D eigenvalue weighted by Crippen LogP contribution is 2.37. The molecule has 0 spiro atoms. The number of hydrogen-bond acceptors (Lipinski definition) is 1. The molecule has 1 nitrogen and oxygen atoms in total. The van der Waals surface area contributed by atoms with E-state index < -0.39 is 0 Å². The van der Waals surface area contributed by atoms with Gasteiger partial charge < -0.3 is 4.74 Å². The number of hydrogen-bond donors (Lipinski definition) is 0. The topological polar surface area (TPSA) is 9.23 Å². The van der Waals surface area contributed by atoms with Crippen molar-refractivity contribution in [2.45, 2.75) is 84.0 Å². The third kappa shape index (κ3) is 7.24. The van der Waals surface area contributed by atoms with Crippen LogP contribution in [0, 0.1) is 17.8 Å². The van der Waals surface area contributed by atoms with Gasteiger partial charge in [0.05, 0.1) is 6.61 Å². The summed E-state index contributed by atoms with van der Waals surface area (Å²) in [6.07, 6.45) is 13.3. The van der Waals surface area contributed by atoms with E-state index in [4.69, 9.17) is 4.74 Å². The molecule has 3 rings (SSSR count). The molecule has 1 heteroatoms. The third-order valence-corrected chi connectivity index (χ3v) is 6.42. The van der Waals surface area contributed by atoms with E-state index in [1.54, 1.807) is 0 Å². The van der Waals surface area contributed by atoms with Crippen LogP contribution in [0.15, 0.2) is 48.5 Å². The molecule has 0 atom stereocenters. The maximum absolute atomic E-state index is 5.77. The molecule has 0 amide bonds. The second-order valence-electron chi connectivity index (χ2n) is 8.81. The minimum Gasteiger partial charge on any atom is -0.494 e. The average molecular weight is 403 g/mol. The standard InChI is InChI=1S/C29H38O/c1-3-5-7-23-30-29-21-15-26(16-22-29)10-9-25-13-19-28(20-14-25)27-17-11-24(12-18-27)8-6-4-2/h13-16,19-22,24,27H,3-8,11-12,17-18,23H2,1-2H3. The van der Waals surface area contributed by atoms with Crippen molar-refractivity contribution in [2.75, 3.05) is 6.61 Å². The molecule has 0 aliphatic heterocycles. The Kier molecular flexibility index (Phi) is 9.36. The summed E-state index contributed by atoms with van der Waals surface area (Å²) in [5.41, 5.74) is 3.62. The van der Waals surface area contributed by atoms with Gasteiger partial charge in [-0.3, -0.25) is 0 Å². The quantitative estimate of drug-likeness (QED) is 0.304. The molecule has 0 heterocycles. The van der Waals surface area contributed by atoms with Gasteiger partial charge in [0, 0.05) is 11.1 Å². The summed E-state index contributed by atoms with van der Waals surface area (Å²) in [5, 5.41) is 0. The lowest BCUT2D eigenvalue weighted by Gasteiger charge is -2.28. The molecule has 0 N–H and O–H groups in total. The van der Waals surface area contributed by atoms with Crippen LogP contribution in [0.5, 0.6) is 5.75 Å². The van der Waals surface area contributed by atoms with Gasteiger partial charge in [-0.05, 0) is 85.9 Å². The van der Waals surface area contributed by atoms with Crippen molar-refractivity contribution < 1.29 is 4.74 Å². The first-order valence-corrected chi connectivity index (χ1v) is 12.1. The summed E-state index contributed by atoms with van der Waals surface area (Å²) in [4.78, 5) is 0. The Morgan fingerprint density at radius 3 is 1.93 bits per heavy atom. The van der Waals surface area contributed by atoms with Crippen molar-refractivity contribution in [3.05, 3.63) is 65.2 Å². The molecule has 0 aromatic heterocycles. The van der Waals surface area contributed by atoms with Crippen LogP contribution in [0.4, 0.5) is 0 Å². The van der Waals surface area contributed by atoms with Crippen LogP contribution >= 0.6 is 0 Å². The third-order valence-electron chi connectivity index (χ3n) is 6.42. The van der Waals surface area contributed by atoms with Gasteiger partial charge in [0.25, 0.3) is 0 Å². The van der Waals surface area contributed by atoms with Crippen LogP contribution in [0.25, 0.3) is 0 Å². The van der Waals surface area contributed by atoms with Crippen molar-refractivity contribution in [3.63, 3.8) is 0 Å². The van der Waals surface area contributed by atoms with Crippen LogP contribution in [0.2, 0.25) is 0 Å². The largest absolute Gasteiger partial charge is 0.494 e.